The van der Waals surface area contributed by atoms with Crippen LogP contribution < -0.4 is 0 Å². The van der Waals surface area contributed by atoms with E-state index < -0.39 is 5.60 Å². The van der Waals surface area contributed by atoms with Crippen LogP contribution in [-0.4, -0.2) is 43.1 Å². The van der Waals surface area contributed by atoms with Crippen LogP contribution in [0, 0.1) is 11.8 Å². The fourth-order valence-electron chi connectivity index (χ4n) is 2.78. The van der Waals surface area contributed by atoms with E-state index in [1.807, 2.05) is 58.0 Å². The maximum atomic E-state index is 11.9. The number of likely N-dealkylation sites (tertiary alicyclic amines) is 1. The number of hydrogen-bond acceptors (Lipinski definition) is 4. The van der Waals surface area contributed by atoms with Gasteiger partial charge in [0.05, 0.1) is 6.61 Å². The first-order valence-corrected chi connectivity index (χ1v) is 9.23. The fourth-order valence-corrected chi connectivity index (χ4v) is 2.78. The molecule has 0 bridgehead atoms. The first-order chi connectivity index (χ1) is 12.3. The Balaban J connectivity index is 0.000000314. The SMILES string of the molecule is CC(C=O)C1CCCN(C(=O)OC(C)(C)C)C1.COCc1ccccc1. The van der Waals surface area contributed by atoms with Gasteiger partial charge in [-0.2, -0.15) is 0 Å². The van der Waals surface area contributed by atoms with Gasteiger partial charge in [-0.15, -0.1) is 0 Å². The van der Waals surface area contributed by atoms with E-state index in [0.717, 1.165) is 25.7 Å². The van der Waals surface area contributed by atoms with Crippen LogP contribution in [0.1, 0.15) is 46.1 Å². The second-order valence-electron chi connectivity index (χ2n) is 7.74. The Morgan fingerprint density at radius 1 is 1.31 bits per heavy atom. The number of methoxy groups -OCH3 is 1. The average molecular weight is 363 g/mol. The minimum atomic E-state index is -0.458. The Hall–Kier alpha value is -1.88. The molecule has 1 fully saturated rings. The van der Waals surface area contributed by atoms with Crippen LogP contribution in [0.5, 0.6) is 0 Å². The van der Waals surface area contributed by atoms with E-state index in [1.165, 1.54) is 5.56 Å². The van der Waals surface area contributed by atoms with Crippen molar-refractivity contribution in [3.63, 3.8) is 0 Å². The summed E-state index contributed by atoms with van der Waals surface area (Å²) < 4.78 is 10.3. The summed E-state index contributed by atoms with van der Waals surface area (Å²) in [7, 11) is 1.70. The molecule has 2 unspecified atom stereocenters. The zero-order valence-electron chi connectivity index (χ0n) is 16.7. The minimum absolute atomic E-state index is 0.0141. The summed E-state index contributed by atoms with van der Waals surface area (Å²) in [5.41, 5.74) is 0.764. The van der Waals surface area contributed by atoms with Crippen LogP contribution in [0.25, 0.3) is 0 Å². The number of benzene rings is 1. The zero-order chi connectivity index (χ0) is 19.6. The standard InChI is InChI=1S/C13H23NO3.C8H10O/c1-10(9-15)11-6-5-7-14(8-11)12(16)17-13(2,3)4;1-9-7-8-5-3-2-4-6-8/h9-11H,5-8H2,1-4H3;2-6H,7H2,1H3. The molecule has 0 N–H and O–H groups in total. The topological polar surface area (TPSA) is 55.8 Å². The predicted molar refractivity (Wildman–Crippen MR) is 103 cm³/mol. The third-order valence-corrected chi connectivity index (χ3v) is 4.22. The largest absolute Gasteiger partial charge is 0.444 e. The van der Waals surface area contributed by atoms with E-state index in [9.17, 15) is 9.59 Å². The fraction of sp³-hybridized carbons (Fsp3) is 0.619. The second-order valence-corrected chi connectivity index (χ2v) is 7.74. The molecule has 1 aliphatic rings. The highest BCUT2D eigenvalue weighted by Gasteiger charge is 2.29. The Labute approximate surface area is 157 Å². The molecule has 5 nitrogen and oxygen atoms in total. The number of carbonyl (C=O) groups is 2. The smallest absolute Gasteiger partial charge is 0.410 e. The molecule has 5 heteroatoms. The number of hydrogen-bond donors (Lipinski definition) is 0. The molecule has 1 aliphatic heterocycles. The molecule has 1 saturated heterocycles. The number of rotatable bonds is 4. The molecular formula is C21H33NO4. The summed E-state index contributed by atoms with van der Waals surface area (Å²) in [6.45, 7) is 9.57. The number of piperidine rings is 1. The molecule has 1 amide bonds. The first kappa shape index (κ1) is 22.2. The number of carbonyl (C=O) groups excluding carboxylic acids is 2. The minimum Gasteiger partial charge on any atom is -0.444 e. The van der Waals surface area contributed by atoms with Crippen LogP contribution in [0.2, 0.25) is 0 Å². The van der Waals surface area contributed by atoms with E-state index >= 15 is 0 Å². The lowest BCUT2D eigenvalue weighted by molar-refractivity contribution is -0.112. The summed E-state index contributed by atoms with van der Waals surface area (Å²) in [6, 6.07) is 10.1. The van der Waals surface area contributed by atoms with Gasteiger partial charge in [0.1, 0.15) is 11.9 Å². The van der Waals surface area contributed by atoms with E-state index in [1.54, 1.807) is 12.0 Å². The van der Waals surface area contributed by atoms with Crippen molar-refractivity contribution in [2.45, 2.75) is 52.7 Å². The molecule has 0 radical (unpaired) electrons. The third-order valence-electron chi connectivity index (χ3n) is 4.22. The Morgan fingerprint density at radius 2 is 1.96 bits per heavy atom. The monoisotopic (exact) mass is 363 g/mol. The number of nitrogens with zero attached hydrogens (tertiary/aromatic N) is 1. The quantitative estimate of drug-likeness (QED) is 0.748. The van der Waals surface area contributed by atoms with Gasteiger partial charge in [0, 0.05) is 26.1 Å². The van der Waals surface area contributed by atoms with Crippen molar-refractivity contribution < 1.29 is 19.1 Å². The third kappa shape index (κ3) is 8.48. The van der Waals surface area contributed by atoms with E-state index in [-0.39, 0.29) is 17.9 Å². The molecule has 0 aliphatic carbocycles. The highest BCUT2D eigenvalue weighted by Crippen LogP contribution is 2.24. The van der Waals surface area contributed by atoms with Gasteiger partial charge in [0.2, 0.25) is 0 Å². The highest BCUT2D eigenvalue weighted by atomic mass is 16.6. The molecule has 26 heavy (non-hydrogen) atoms. The van der Waals surface area contributed by atoms with Crippen molar-refractivity contribution in [3.05, 3.63) is 35.9 Å². The predicted octanol–water partition coefficient (Wildman–Crippen LogP) is 4.30. The van der Waals surface area contributed by atoms with E-state index in [2.05, 4.69) is 0 Å². The van der Waals surface area contributed by atoms with Gasteiger partial charge >= 0.3 is 6.09 Å². The van der Waals surface area contributed by atoms with Crippen LogP contribution in [0.15, 0.2) is 30.3 Å². The van der Waals surface area contributed by atoms with Crippen molar-refractivity contribution in [1.82, 2.24) is 4.90 Å². The molecule has 1 aromatic carbocycles. The summed E-state index contributed by atoms with van der Waals surface area (Å²) in [5.74, 6) is 0.286. The molecule has 2 atom stereocenters. The molecule has 0 aromatic heterocycles. The van der Waals surface area contributed by atoms with Crippen molar-refractivity contribution in [1.29, 1.82) is 0 Å². The highest BCUT2D eigenvalue weighted by molar-refractivity contribution is 5.68. The van der Waals surface area contributed by atoms with Gasteiger partial charge in [-0.1, -0.05) is 37.3 Å². The lowest BCUT2D eigenvalue weighted by Crippen LogP contribution is -2.44. The van der Waals surface area contributed by atoms with Crippen molar-refractivity contribution in [2.24, 2.45) is 11.8 Å². The molecule has 0 spiro atoms. The van der Waals surface area contributed by atoms with E-state index in [4.69, 9.17) is 9.47 Å². The van der Waals surface area contributed by atoms with Crippen LogP contribution in [-0.2, 0) is 20.9 Å². The van der Waals surface area contributed by atoms with Crippen molar-refractivity contribution >= 4 is 12.4 Å². The molecule has 0 saturated carbocycles. The summed E-state index contributed by atoms with van der Waals surface area (Å²) in [6.07, 6.45) is 2.67. The molecule has 1 heterocycles. The van der Waals surface area contributed by atoms with Gasteiger partial charge in [-0.05, 0) is 45.1 Å². The number of ether oxygens (including phenoxy) is 2. The Morgan fingerprint density at radius 3 is 2.50 bits per heavy atom. The summed E-state index contributed by atoms with van der Waals surface area (Å²) in [4.78, 5) is 24.4. The van der Waals surface area contributed by atoms with Gasteiger partial charge in [-0.25, -0.2) is 4.79 Å². The Kier molecular flexibility index (Phi) is 9.35. The van der Waals surface area contributed by atoms with Crippen molar-refractivity contribution in [3.8, 4) is 0 Å². The van der Waals surface area contributed by atoms with Crippen molar-refractivity contribution in [2.75, 3.05) is 20.2 Å². The second kappa shape index (κ2) is 11.0. The van der Waals surface area contributed by atoms with Crippen LogP contribution >= 0.6 is 0 Å². The molecule has 2 rings (SSSR count). The Bertz CT molecular complexity index is 539. The molecule has 1 aromatic rings. The van der Waals surface area contributed by atoms with Gasteiger partial charge in [0.15, 0.2) is 0 Å². The molecule has 146 valence electrons. The normalized spacial score (nSPS) is 18.3. The van der Waals surface area contributed by atoms with E-state index in [0.29, 0.717) is 13.2 Å². The lowest BCUT2D eigenvalue weighted by atomic mass is 9.88. The zero-order valence-corrected chi connectivity index (χ0v) is 16.7. The summed E-state index contributed by atoms with van der Waals surface area (Å²) >= 11 is 0. The van der Waals surface area contributed by atoms with Gasteiger partial charge in [-0.3, -0.25) is 0 Å². The van der Waals surface area contributed by atoms with Crippen LogP contribution in [0.3, 0.4) is 0 Å². The average Bonchev–Trinajstić information content (AvgIpc) is 2.61. The lowest BCUT2D eigenvalue weighted by Gasteiger charge is -2.35. The maximum absolute atomic E-state index is 11.9. The van der Waals surface area contributed by atoms with Crippen LogP contribution in [0.4, 0.5) is 4.79 Å². The van der Waals surface area contributed by atoms with Gasteiger partial charge < -0.3 is 19.2 Å². The first-order valence-electron chi connectivity index (χ1n) is 9.23. The number of amides is 1. The molecular weight excluding hydrogens is 330 g/mol. The van der Waals surface area contributed by atoms with Gasteiger partial charge in [0.25, 0.3) is 0 Å². The summed E-state index contributed by atoms with van der Waals surface area (Å²) in [5, 5.41) is 0. The maximum Gasteiger partial charge on any atom is 0.410 e. The number of aldehydes is 1.